The fourth-order valence-corrected chi connectivity index (χ4v) is 4.33. The Morgan fingerprint density at radius 2 is 2.00 bits per heavy atom. The maximum atomic E-state index is 13.4. The lowest BCUT2D eigenvalue weighted by atomic mass is 10.1. The lowest BCUT2D eigenvalue weighted by Gasteiger charge is -2.13. The summed E-state index contributed by atoms with van der Waals surface area (Å²) >= 11 is 3.24. The average Bonchev–Trinajstić information content (AvgIpc) is 2.31. The van der Waals surface area contributed by atoms with E-state index in [1.165, 1.54) is 0 Å². The quantitative estimate of drug-likeness (QED) is 0.742. The summed E-state index contributed by atoms with van der Waals surface area (Å²) in [6, 6.07) is 2.48. The summed E-state index contributed by atoms with van der Waals surface area (Å²) in [4.78, 5) is -0.551. The predicted octanol–water partition coefficient (Wildman–Crippen LogP) is 3.55. The third kappa shape index (κ3) is 4.02. The van der Waals surface area contributed by atoms with Crippen LogP contribution in [0.5, 0.6) is 0 Å². The van der Waals surface area contributed by atoms with Crippen LogP contribution in [0.4, 0.5) is 8.78 Å². The second-order valence-electron chi connectivity index (χ2n) is 4.17. The van der Waals surface area contributed by atoms with Crippen LogP contribution >= 0.6 is 15.9 Å². The molecule has 0 fully saturated rings. The number of alkyl halides is 1. The molecule has 2 nitrogen and oxygen atoms in total. The molecule has 0 heterocycles. The molecule has 18 heavy (non-hydrogen) atoms. The van der Waals surface area contributed by atoms with E-state index in [1.54, 1.807) is 0 Å². The van der Waals surface area contributed by atoms with Crippen LogP contribution in [0, 0.1) is 17.6 Å². The van der Waals surface area contributed by atoms with Gasteiger partial charge in [-0.1, -0.05) is 29.3 Å². The minimum absolute atomic E-state index is 0.0948. The maximum absolute atomic E-state index is 13.4. The molecule has 1 aromatic rings. The Kier molecular flexibility index (Phi) is 5.72. The van der Waals surface area contributed by atoms with Crippen molar-refractivity contribution >= 4 is 25.8 Å². The molecule has 0 radical (unpaired) electrons. The highest BCUT2D eigenvalue weighted by atomic mass is 79.9. The van der Waals surface area contributed by atoms with Crippen LogP contribution < -0.4 is 0 Å². The monoisotopic (exact) mass is 340 g/mol. The van der Waals surface area contributed by atoms with Gasteiger partial charge >= 0.3 is 0 Å². The van der Waals surface area contributed by atoms with Crippen LogP contribution in [-0.4, -0.2) is 19.5 Å². The average molecular weight is 341 g/mol. The highest BCUT2D eigenvalue weighted by Gasteiger charge is 2.24. The summed E-state index contributed by atoms with van der Waals surface area (Å²) in [7, 11) is -3.79. The molecule has 0 saturated heterocycles. The van der Waals surface area contributed by atoms with Crippen molar-refractivity contribution in [3.05, 3.63) is 29.8 Å². The molecule has 0 saturated carbocycles. The largest absolute Gasteiger partial charge is 0.224 e. The Morgan fingerprint density at radius 3 is 2.56 bits per heavy atom. The summed E-state index contributed by atoms with van der Waals surface area (Å²) < 4.78 is 50.5. The number of sulfone groups is 1. The highest BCUT2D eigenvalue weighted by Crippen LogP contribution is 2.22. The summed E-state index contributed by atoms with van der Waals surface area (Å²) in [6.07, 6.45) is 1.57. The molecule has 0 spiro atoms. The maximum Gasteiger partial charge on any atom is 0.181 e. The zero-order chi connectivity index (χ0) is 13.8. The van der Waals surface area contributed by atoms with Crippen molar-refractivity contribution in [2.24, 2.45) is 5.92 Å². The van der Waals surface area contributed by atoms with Gasteiger partial charge in [0.05, 0.1) is 5.75 Å². The fourth-order valence-electron chi connectivity index (χ4n) is 1.73. The van der Waals surface area contributed by atoms with Crippen molar-refractivity contribution in [3.63, 3.8) is 0 Å². The first-order chi connectivity index (χ1) is 8.40. The summed E-state index contributed by atoms with van der Waals surface area (Å²) in [5.74, 6) is -1.92. The molecule has 6 heteroatoms. The third-order valence-corrected chi connectivity index (χ3v) is 5.41. The van der Waals surface area contributed by atoms with Crippen LogP contribution in [0.25, 0.3) is 0 Å². The van der Waals surface area contributed by atoms with Gasteiger partial charge in [-0.15, -0.1) is 0 Å². The zero-order valence-electron chi connectivity index (χ0n) is 10.00. The van der Waals surface area contributed by atoms with E-state index in [2.05, 4.69) is 15.9 Å². The molecule has 0 aliphatic rings. The van der Waals surface area contributed by atoms with Crippen molar-refractivity contribution in [2.45, 2.75) is 24.7 Å². The molecular weight excluding hydrogens is 326 g/mol. The number of halogens is 3. The van der Waals surface area contributed by atoms with Gasteiger partial charge in [0.1, 0.15) is 16.5 Å². The minimum Gasteiger partial charge on any atom is -0.224 e. The van der Waals surface area contributed by atoms with Gasteiger partial charge in [0.15, 0.2) is 9.84 Å². The van der Waals surface area contributed by atoms with Gasteiger partial charge in [0, 0.05) is 5.33 Å². The van der Waals surface area contributed by atoms with Gasteiger partial charge in [0.25, 0.3) is 0 Å². The Hall–Kier alpha value is -0.490. The van der Waals surface area contributed by atoms with E-state index >= 15 is 0 Å². The fraction of sp³-hybridized carbons (Fsp3) is 0.500. The van der Waals surface area contributed by atoms with Crippen molar-refractivity contribution in [3.8, 4) is 0 Å². The lowest BCUT2D eigenvalue weighted by Crippen LogP contribution is -2.18. The summed E-state index contributed by atoms with van der Waals surface area (Å²) in [5, 5.41) is 0.525. The van der Waals surface area contributed by atoms with E-state index < -0.39 is 26.4 Å². The third-order valence-electron chi connectivity index (χ3n) is 2.60. The first-order valence-corrected chi connectivity index (χ1v) is 8.41. The number of hydrogen-bond acceptors (Lipinski definition) is 2. The van der Waals surface area contributed by atoms with E-state index in [4.69, 9.17) is 0 Å². The van der Waals surface area contributed by atoms with Crippen LogP contribution in [0.1, 0.15) is 19.8 Å². The van der Waals surface area contributed by atoms with Gasteiger partial charge in [0.2, 0.25) is 0 Å². The van der Waals surface area contributed by atoms with Gasteiger partial charge in [-0.25, -0.2) is 17.2 Å². The van der Waals surface area contributed by atoms with Crippen LogP contribution in [0.3, 0.4) is 0 Å². The van der Waals surface area contributed by atoms with Crippen LogP contribution in [0.15, 0.2) is 23.1 Å². The molecule has 0 aliphatic carbocycles. The van der Waals surface area contributed by atoms with Gasteiger partial charge in [-0.3, -0.25) is 0 Å². The molecule has 1 atom stereocenters. The molecule has 0 bridgehead atoms. The molecule has 0 aliphatic heterocycles. The standard InChI is InChI=1S/C12H15BrF2O2S/c1-2-3-9(7-13)8-18(16,17)12-6-10(14)4-5-11(12)15/h4-6,9H,2-3,7-8H2,1H3. The molecule has 1 aromatic carbocycles. The van der Waals surface area contributed by atoms with Gasteiger partial charge in [-0.05, 0) is 30.5 Å². The van der Waals surface area contributed by atoms with E-state index in [0.29, 0.717) is 5.33 Å². The Labute approximate surface area is 114 Å². The molecule has 0 aromatic heterocycles. The number of benzene rings is 1. The highest BCUT2D eigenvalue weighted by molar-refractivity contribution is 9.09. The normalized spacial score (nSPS) is 13.6. The smallest absolute Gasteiger partial charge is 0.181 e. The van der Waals surface area contributed by atoms with E-state index in [1.807, 2.05) is 6.92 Å². The first-order valence-electron chi connectivity index (χ1n) is 5.64. The topological polar surface area (TPSA) is 34.1 Å². The second kappa shape index (κ2) is 6.61. The first kappa shape index (κ1) is 15.6. The molecule has 1 rings (SSSR count). The Morgan fingerprint density at radius 1 is 1.33 bits per heavy atom. The van der Waals surface area contributed by atoms with Crippen LogP contribution in [0.2, 0.25) is 0 Å². The molecular formula is C12H15BrF2O2S. The van der Waals surface area contributed by atoms with Crippen molar-refractivity contribution in [2.75, 3.05) is 11.1 Å². The molecule has 102 valence electrons. The Bertz CT molecular complexity index is 503. The van der Waals surface area contributed by atoms with E-state index in [9.17, 15) is 17.2 Å². The molecule has 0 amide bonds. The van der Waals surface area contributed by atoms with Crippen molar-refractivity contribution < 1.29 is 17.2 Å². The van der Waals surface area contributed by atoms with Crippen molar-refractivity contribution in [1.29, 1.82) is 0 Å². The summed E-state index contributed by atoms with van der Waals surface area (Å²) in [6.45, 7) is 1.95. The van der Waals surface area contributed by atoms with Crippen LogP contribution in [-0.2, 0) is 9.84 Å². The number of rotatable bonds is 6. The minimum atomic E-state index is -3.79. The van der Waals surface area contributed by atoms with Gasteiger partial charge < -0.3 is 0 Å². The molecule has 1 unspecified atom stereocenters. The van der Waals surface area contributed by atoms with E-state index in [-0.39, 0.29) is 11.7 Å². The lowest BCUT2D eigenvalue weighted by molar-refractivity contribution is 0.534. The van der Waals surface area contributed by atoms with Crippen molar-refractivity contribution in [1.82, 2.24) is 0 Å². The van der Waals surface area contributed by atoms with Gasteiger partial charge in [-0.2, -0.15) is 0 Å². The zero-order valence-corrected chi connectivity index (χ0v) is 12.4. The molecule has 0 N–H and O–H groups in total. The Balaban J connectivity index is 3.02. The summed E-state index contributed by atoms with van der Waals surface area (Å²) in [5.41, 5.74) is 0. The SMILES string of the molecule is CCCC(CBr)CS(=O)(=O)c1cc(F)ccc1F. The second-order valence-corrected chi connectivity index (χ2v) is 6.82. The number of hydrogen-bond donors (Lipinski definition) is 0. The van der Waals surface area contributed by atoms with E-state index in [0.717, 1.165) is 31.0 Å². The predicted molar refractivity (Wildman–Crippen MR) is 70.6 cm³/mol.